The van der Waals surface area contributed by atoms with Crippen LogP contribution in [0.25, 0.3) is 11.4 Å². The zero-order chi connectivity index (χ0) is 20.3. The quantitative estimate of drug-likeness (QED) is 0.561. The number of aryl methyl sites for hydroxylation is 2. The molecule has 0 fully saturated rings. The topological polar surface area (TPSA) is 64.2 Å². The molecule has 2 aliphatic heterocycles. The van der Waals surface area contributed by atoms with Gasteiger partial charge in [0.25, 0.3) is 5.91 Å². The number of amides is 1. The highest BCUT2D eigenvalue weighted by Crippen LogP contribution is 2.37. The molecule has 3 aromatic rings. The van der Waals surface area contributed by atoms with E-state index in [1.807, 2.05) is 16.5 Å². The van der Waals surface area contributed by atoms with Gasteiger partial charge in [-0.2, -0.15) is 5.10 Å². The number of carbonyl (C=O) groups excluding carboxylic acids is 1. The Bertz CT molecular complexity index is 1130. The molecular weight excluding hydrogens is 411 g/mol. The normalized spacial score (nSPS) is 18.1. The molecule has 0 unspecified atom stereocenters. The number of carbonyl (C=O) groups is 1. The number of halogens is 2. The number of aromatic nitrogens is 3. The summed E-state index contributed by atoms with van der Waals surface area (Å²) in [6, 6.07) is 5.04. The zero-order valence-corrected chi connectivity index (χ0v) is 17.7. The average molecular weight is 431 g/mol. The van der Waals surface area contributed by atoms with Crippen LogP contribution in [0.3, 0.4) is 0 Å². The lowest BCUT2D eigenvalue weighted by Gasteiger charge is -2.33. The van der Waals surface area contributed by atoms with Gasteiger partial charge in [0.05, 0.1) is 28.0 Å². The van der Waals surface area contributed by atoms with Gasteiger partial charge < -0.3 is 9.42 Å². The predicted octanol–water partition coefficient (Wildman–Crippen LogP) is 4.69. The lowest BCUT2D eigenvalue weighted by molar-refractivity contribution is 0.0658. The summed E-state index contributed by atoms with van der Waals surface area (Å²) in [5, 5.41) is 10.0. The fraction of sp³-hybridized carbons (Fsp3) is 0.381. The first kappa shape index (κ1) is 18.7. The van der Waals surface area contributed by atoms with Crippen molar-refractivity contribution in [3.05, 3.63) is 56.4 Å². The van der Waals surface area contributed by atoms with Gasteiger partial charge in [-0.05, 0) is 44.9 Å². The minimum atomic E-state index is -0.0631. The van der Waals surface area contributed by atoms with Gasteiger partial charge in [-0.1, -0.05) is 28.4 Å². The highest BCUT2D eigenvalue weighted by atomic mass is 35.5. The van der Waals surface area contributed by atoms with Crippen LogP contribution < -0.4 is 0 Å². The molecule has 0 radical (unpaired) electrons. The molecule has 1 aromatic carbocycles. The average Bonchev–Trinajstić information content (AvgIpc) is 3.16. The molecule has 0 spiro atoms. The van der Waals surface area contributed by atoms with Gasteiger partial charge in [0.2, 0.25) is 0 Å². The molecule has 4 heterocycles. The summed E-state index contributed by atoms with van der Waals surface area (Å²) in [5.41, 5.74) is 5.64. The molecule has 150 valence electrons. The molecule has 2 aliphatic rings. The number of hydrogen-bond acceptors (Lipinski definition) is 4. The highest BCUT2D eigenvalue weighted by Gasteiger charge is 2.35. The lowest BCUT2D eigenvalue weighted by atomic mass is 9.96. The summed E-state index contributed by atoms with van der Waals surface area (Å²) in [7, 11) is 0. The van der Waals surface area contributed by atoms with E-state index >= 15 is 0 Å². The van der Waals surface area contributed by atoms with Gasteiger partial charge in [-0.25, -0.2) is 0 Å². The molecule has 1 amide bonds. The maximum atomic E-state index is 13.3. The Kier molecular flexibility index (Phi) is 4.44. The molecule has 0 aliphatic carbocycles. The first-order valence-corrected chi connectivity index (χ1v) is 10.5. The van der Waals surface area contributed by atoms with Gasteiger partial charge in [0.1, 0.15) is 11.5 Å². The fourth-order valence-corrected chi connectivity index (χ4v) is 4.66. The van der Waals surface area contributed by atoms with E-state index in [-0.39, 0.29) is 11.9 Å². The van der Waals surface area contributed by atoms with Gasteiger partial charge in [-0.15, -0.1) is 0 Å². The summed E-state index contributed by atoms with van der Waals surface area (Å²) in [6.07, 6.45) is 2.61. The smallest absolute Gasteiger partial charge is 0.254 e. The highest BCUT2D eigenvalue weighted by molar-refractivity contribution is 6.42. The largest absolute Gasteiger partial charge is 0.361 e. The van der Waals surface area contributed by atoms with Crippen LogP contribution in [0, 0.1) is 6.92 Å². The van der Waals surface area contributed by atoms with Crippen molar-refractivity contribution in [3.63, 3.8) is 0 Å². The standard InChI is InChI=1S/C21H20Cl2N4O2/c1-11-8-18-15(10-26(11)21(28)13-5-6-16(22)17(23)9-13)20-19-14(12(2)29-25-19)4-3-7-27(20)24-18/h5-6,9,11H,3-4,7-8,10H2,1-2H3/t11-/m1/s1. The first-order chi connectivity index (χ1) is 13.9. The Labute approximate surface area is 178 Å². The molecule has 5 rings (SSSR count). The first-order valence-electron chi connectivity index (χ1n) is 9.74. The SMILES string of the molecule is Cc1onc2c1CCCn1nc3c(c1-2)CN(C(=O)c1ccc(Cl)c(Cl)c1)[C@H](C)C3. The Morgan fingerprint density at radius 2 is 2.07 bits per heavy atom. The van der Waals surface area contributed by atoms with Gasteiger partial charge in [0.15, 0.2) is 0 Å². The molecule has 2 aromatic heterocycles. The maximum absolute atomic E-state index is 13.3. The van der Waals surface area contributed by atoms with E-state index in [1.165, 1.54) is 0 Å². The number of rotatable bonds is 1. The van der Waals surface area contributed by atoms with E-state index in [0.717, 1.165) is 53.4 Å². The minimum Gasteiger partial charge on any atom is -0.361 e. The zero-order valence-electron chi connectivity index (χ0n) is 16.2. The number of fused-ring (bicyclic) bond motifs is 5. The second-order valence-corrected chi connectivity index (χ2v) is 8.60. The van der Waals surface area contributed by atoms with Crippen molar-refractivity contribution in [2.24, 2.45) is 0 Å². The van der Waals surface area contributed by atoms with Crippen molar-refractivity contribution in [3.8, 4) is 11.4 Å². The van der Waals surface area contributed by atoms with Gasteiger partial charge >= 0.3 is 0 Å². The van der Waals surface area contributed by atoms with E-state index in [1.54, 1.807) is 18.2 Å². The molecule has 29 heavy (non-hydrogen) atoms. The molecule has 8 heteroatoms. The van der Waals surface area contributed by atoms with Crippen molar-refractivity contribution >= 4 is 29.1 Å². The van der Waals surface area contributed by atoms with Crippen LogP contribution >= 0.6 is 23.2 Å². The van der Waals surface area contributed by atoms with Crippen molar-refractivity contribution in [1.29, 1.82) is 0 Å². The van der Waals surface area contributed by atoms with E-state index in [0.29, 0.717) is 28.6 Å². The fourth-order valence-electron chi connectivity index (χ4n) is 4.37. The summed E-state index contributed by atoms with van der Waals surface area (Å²) < 4.78 is 7.52. The molecule has 1 atom stereocenters. The second-order valence-electron chi connectivity index (χ2n) is 7.78. The van der Waals surface area contributed by atoms with Crippen molar-refractivity contribution in [2.45, 2.75) is 52.2 Å². The molecule has 0 N–H and O–H groups in total. The van der Waals surface area contributed by atoms with Gasteiger partial charge in [-0.3, -0.25) is 9.48 Å². The van der Waals surface area contributed by atoms with Crippen LogP contribution in [-0.2, 0) is 25.9 Å². The second kappa shape index (κ2) is 6.89. The van der Waals surface area contributed by atoms with Crippen LogP contribution in [0.4, 0.5) is 0 Å². The molecular formula is C21H20Cl2N4O2. The third-order valence-electron chi connectivity index (χ3n) is 5.92. The number of nitrogens with zero attached hydrogens (tertiary/aromatic N) is 4. The Morgan fingerprint density at radius 3 is 2.86 bits per heavy atom. The van der Waals surface area contributed by atoms with Crippen molar-refractivity contribution < 1.29 is 9.32 Å². The number of hydrogen-bond donors (Lipinski definition) is 0. The molecule has 6 nitrogen and oxygen atoms in total. The summed E-state index contributed by atoms with van der Waals surface area (Å²) in [4.78, 5) is 15.1. The summed E-state index contributed by atoms with van der Waals surface area (Å²) >= 11 is 12.1. The van der Waals surface area contributed by atoms with E-state index in [2.05, 4.69) is 12.1 Å². The Morgan fingerprint density at radius 1 is 1.24 bits per heavy atom. The summed E-state index contributed by atoms with van der Waals surface area (Å²) in [6.45, 7) is 5.32. The Balaban J connectivity index is 1.56. The van der Waals surface area contributed by atoms with Gasteiger partial charge in [0, 0.05) is 35.7 Å². The molecule has 0 bridgehead atoms. The third-order valence-corrected chi connectivity index (χ3v) is 6.66. The van der Waals surface area contributed by atoms with E-state index in [9.17, 15) is 4.79 Å². The molecule has 0 saturated heterocycles. The van der Waals surface area contributed by atoms with Crippen LogP contribution in [0.15, 0.2) is 22.7 Å². The monoisotopic (exact) mass is 430 g/mol. The van der Waals surface area contributed by atoms with Crippen LogP contribution in [0.2, 0.25) is 10.0 Å². The van der Waals surface area contributed by atoms with Crippen LogP contribution in [0.1, 0.15) is 46.3 Å². The lowest BCUT2D eigenvalue weighted by Crippen LogP contribution is -2.42. The van der Waals surface area contributed by atoms with Crippen molar-refractivity contribution in [2.75, 3.05) is 0 Å². The van der Waals surface area contributed by atoms with Crippen LogP contribution in [0.5, 0.6) is 0 Å². The molecule has 0 saturated carbocycles. The number of benzene rings is 1. The summed E-state index contributed by atoms with van der Waals surface area (Å²) in [5.74, 6) is 0.795. The van der Waals surface area contributed by atoms with Crippen LogP contribution in [-0.4, -0.2) is 31.8 Å². The Hall–Kier alpha value is -2.31. The maximum Gasteiger partial charge on any atom is 0.254 e. The van der Waals surface area contributed by atoms with E-state index in [4.69, 9.17) is 32.8 Å². The predicted molar refractivity (Wildman–Crippen MR) is 110 cm³/mol. The minimum absolute atomic E-state index is 0.0297. The third kappa shape index (κ3) is 2.97. The van der Waals surface area contributed by atoms with E-state index < -0.39 is 0 Å². The van der Waals surface area contributed by atoms with Crippen molar-refractivity contribution in [1.82, 2.24) is 19.8 Å².